The second kappa shape index (κ2) is 8.90. The number of aryl methyl sites for hydroxylation is 1. The van der Waals surface area contributed by atoms with Gasteiger partial charge in [-0.05, 0) is 85.5 Å². The van der Waals surface area contributed by atoms with Crippen molar-refractivity contribution in [3.8, 4) is 0 Å². The lowest BCUT2D eigenvalue weighted by Crippen LogP contribution is -2.62. The van der Waals surface area contributed by atoms with E-state index >= 15 is 0 Å². The van der Waals surface area contributed by atoms with Crippen LogP contribution in [0.2, 0.25) is 0 Å². The number of Topliss-reactive ketones (excluding diaryl/α,β-unsaturated/α-hetero) is 1. The first kappa shape index (κ1) is 24.3. The van der Waals surface area contributed by atoms with E-state index in [1.165, 1.54) is 11.1 Å². The van der Waals surface area contributed by atoms with Crippen LogP contribution in [0.5, 0.6) is 0 Å². The Balaban J connectivity index is 1.30. The van der Waals surface area contributed by atoms with Gasteiger partial charge in [0.25, 0.3) is 0 Å². The molecule has 4 aliphatic carbocycles. The highest BCUT2D eigenvalue weighted by atomic mass is 32.2. The SMILES string of the molecule is CC12CCC(=O)C=C1CCC1C2C(O)CC2(C)C1CC[C@]2(O)C(=O)CSCCc1ccccc1. The van der Waals surface area contributed by atoms with Gasteiger partial charge in [-0.25, -0.2) is 0 Å². The molecule has 4 aliphatic rings. The van der Waals surface area contributed by atoms with Crippen LogP contribution in [0, 0.1) is 28.6 Å². The number of carbonyl (C=O) groups excluding carboxylic acids is 2. The molecule has 34 heavy (non-hydrogen) atoms. The van der Waals surface area contributed by atoms with Gasteiger partial charge in [-0.3, -0.25) is 9.59 Å². The maximum Gasteiger partial charge on any atom is 0.174 e. The Hall–Kier alpha value is -1.43. The molecular formula is C29H38O4S. The third-order valence-corrected chi connectivity index (χ3v) is 11.1. The van der Waals surface area contributed by atoms with Crippen LogP contribution in [0.4, 0.5) is 0 Å². The molecule has 7 atom stereocenters. The van der Waals surface area contributed by atoms with Gasteiger partial charge < -0.3 is 10.2 Å². The summed E-state index contributed by atoms with van der Waals surface area (Å²) in [6.07, 6.45) is 7.20. The zero-order valence-electron chi connectivity index (χ0n) is 20.5. The number of thioether (sulfide) groups is 1. The molecule has 3 fully saturated rings. The number of fused-ring (bicyclic) bond motifs is 5. The lowest BCUT2D eigenvalue weighted by Gasteiger charge is -2.60. The zero-order chi connectivity index (χ0) is 24.1. The van der Waals surface area contributed by atoms with Crippen molar-refractivity contribution in [2.45, 2.75) is 76.9 Å². The van der Waals surface area contributed by atoms with Crippen LogP contribution in [0.15, 0.2) is 42.0 Å². The number of allylic oxidation sites excluding steroid dienone is 1. The highest BCUT2D eigenvalue weighted by Gasteiger charge is 2.68. The number of ketones is 2. The molecule has 0 radical (unpaired) electrons. The molecule has 6 unspecified atom stereocenters. The fraction of sp³-hybridized carbons (Fsp3) is 0.655. The molecule has 5 rings (SSSR count). The van der Waals surface area contributed by atoms with Crippen molar-refractivity contribution in [3.63, 3.8) is 0 Å². The smallest absolute Gasteiger partial charge is 0.174 e. The minimum atomic E-state index is -1.36. The second-order valence-electron chi connectivity index (χ2n) is 11.7. The molecule has 0 amide bonds. The number of aliphatic hydroxyl groups excluding tert-OH is 1. The molecule has 0 aromatic heterocycles. The van der Waals surface area contributed by atoms with E-state index in [0.29, 0.717) is 25.0 Å². The van der Waals surface area contributed by atoms with Crippen LogP contribution in [0.25, 0.3) is 0 Å². The van der Waals surface area contributed by atoms with Gasteiger partial charge in [0.15, 0.2) is 11.6 Å². The predicted octanol–water partition coefficient (Wildman–Crippen LogP) is 4.77. The monoisotopic (exact) mass is 482 g/mol. The summed E-state index contributed by atoms with van der Waals surface area (Å²) < 4.78 is 0. The van der Waals surface area contributed by atoms with Crippen LogP contribution in [-0.2, 0) is 16.0 Å². The first-order chi connectivity index (χ1) is 16.2. The lowest BCUT2D eigenvalue weighted by molar-refractivity contribution is -0.178. The number of hydrogen-bond acceptors (Lipinski definition) is 5. The fourth-order valence-corrected chi connectivity index (χ4v) is 9.22. The van der Waals surface area contributed by atoms with Crippen LogP contribution < -0.4 is 0 Å². The zero-order valence-corrected chi connectivity index (χ0v) is 21.3. The average Bonchev–Trinajstić information content (AvgIpc) is 3.08. The number of rotatable bonds is 6. The molecule has 0 heterocycles. The summed E-state index contributed by atoms with van der Waals surface area (Å²) in [6, 6.07) is 10.3. The molecule has 0 saturated heterocycles. The molecule has 0 spiro atoms. The molecule has 0 bridgehead atoms. The van der Waals surface area contributed by atoms with E-state index < -0.39 is 17.1 Å². The summed E-state index contributed by atoms with van der Waals surface area (Å²) in [5, 5.41) is 23.3. The molecule has 3 saturated carbocycles. The highest BCUT2D eigenvalue weighted by molar-refractivity contribution is 7.99. The van der Waals surface area contributed by atoms with Crippen molar-refractivity contribution in [3.05, 3.63) is 47.5 Å². The van der Waals surface area contributed by atoms with Gasteiger partial charge in [0, 0.05) is 11.8 Å². The van der Waals surface area contributed by atoms with Gasteiger partial charge in [-0.2, -0.15) is 11.8 Å². The van der Waals surface area contributed by atoms with Crippen molar-refractivity contribution in [2.24, 2.45) is 28.6 Å². The summed E-state index contributed by atoms with van der Waals surface area (Å²) in [5.41, 5.74) is 0.386. The Morgan fingerprint density at radius 3 is 2.65 bits per heavy atom. The summed E-state index contributed by atoms with van der Waals surface area (Å²) in [4.78, 5) is 25.5. The Kier molecular flexibility index (Phi) is 6.35. The van der Waals surface area contributed by atoms with Crippen LogP contribution >= 0.6 is 11.8 Å². The number of carbonyl (C=O) groups is 2. The first-order valence-electron chi connectivity index (χ1n) is 13.0. The summed E-state index contributed by atoms with van der Waals surface area (Å²) in [7, 11) is 0. The van der Waals surface area contributed by atoms with Gasteiger partial charge >= 0.3 is 0 Å². The number of aliphatic hydroxyl groups is 2. The van der Waals surface area contributed by atoms with E-state index in [1.807, 2.05) is 24.3 Å². The normalized spacial score (nSPS) is 41.3. The van der Waals surface area contributed by atoms with Gasteiger partial charge in [-0.15, -0.1) is 0 Å². The number of hydrogen-bond donors (Lipinski definition) is 2. The Morgan fingerprint density at radius 1 is 1.12 bits per heavy atom. The van der Waals surface area contributed by atoms with Gasteiger partial charge in [-0.1, -0.05) is 49.8 Å². The van der Waals surface area contributed by atoms with Crippen molar-refractivity contribution >= 4 is 23.3 Å². The minimum Gasteiger partial charge on any atom is -0.393 e. The lowest BCUT2D eigenvalue weighted by atomic mass is 9.45. The highest BCUT2D eigenvalue weighted by Crippen LogP contribution is 2.67. The Labute approximate surface area is 207 Å². The van der Waals surface area contributed by atoms with Crippen molar-refractivity contribution in [1.82, 2.24) is 0 Å². The second-order valence-corrected chi connectivity index (χ2v) is 12.8. The summed E-state index contributed by atoms with van der Waals surface area (Å²) >= 11 is 1.61. The Bertz CT molecular complexity index is 989. The predicted molar refractivity (Wildman–Crippen MR) is 136 cm³/mol. The van der Waals surface area contributed by atoms with Crippen LogP contribution in [0.3, 0.4) is 0 Å². The van der Waals surface area contributed by atoms with E-state index in [4.69, 9.17) is 0 Å². The summed E-state index contributed by atoms with van der Waals surface area (Å²) in [6.45, 7) is 4.30. The maximum atomic E-state index is 13.4. The van der Waals surface area contributed by atoms with Gasteiger partial charge in [0.05, 0.1) is 11.9 Å². The van der Waals surface area contributed by atoms with E-state index in [0.717, 1.165) is 37.9 Å². The third kappa shape index (κ3) is 3.74. The summed E-state index contributed by atoms with van der Waals surface area (Å²) in [5.74, 6) is 1.96. The molecule has 2 N–H and O–H groups in total. The van der Waals surface area contributed by atoms with Gasteiger partial charge in [0.2, 0.25) is 0 Å². The fourth-order valence-electron chi connectivity index (χ4n) is 8.27. The molecule has 4 nitrogen and oxygen atoms in total. The van der Waals surface area contributed by atoms with Crippen LogP contribution in [0.1, 0.15) is 64.4 Å². The average molecular weight is 483 g/mol. The first-order valence-corrected chi connectivity index (χ1v) is 14.1. The quantitative estimate of drug-likeness (QED) is 0.572. The molecule has 1 aromatic rings. The van der Waals surface area contributed by atoms with Crippen molar-refractivity contribution in [2.75, 3.05) is 11.5 Å². The number of benzene rings is 1. The van der Waals surface area contributed by atoms with E-state index in [1.54, 1.807) is 11.8 Å². The largest absolute Gasteiger partial charge is 0.393 e. The molecule has 0 aliphatic heterocycles. The van der Waals surface area contributed by atoms with Crippen molar-refractivity contribution < 1.29 is 19.8 Å². The molecule has 184 valence electrons. The van der Waals surface area contributed by atoms with E-state index in [-0.39, 0.29) is 34.7 Å². The maximum absolute atomic E-state index is 13.4. The third-order valence-electron chi connectivity index (χ3n) is 10.1. The van der Waals surface area contributed by atoms with E-state index in [9.17, 15) is 19.8 Å². The van der Waals surface area contributed by atoms with Crippen molar-refractivity contribution in [1.29, 1.82) is 0 Å². The van der Waals surface area contributed by atoms with E-state index in [2.05, 4.69) is 26.0 Å². The standard InChI is InChI=1S/C29H38O4S/c1-27-13-10-21(30)16-20(27)8-9-22-23-11-14-29(33,28(23,2)17-24(31)26(22)27)25(32)18-34-15-12-19-6-4-3-5-7-19/h3-7,16,22-24,26,31,33H,8-15,17-18H2,1-2H3/t22?,23?,24?,26?,27?,28?,29-/m0/s1. The minimum absolute atomic E-state index is 0.0629. The van der Waals surface area contributed by atoms with Gasteiger partial charge in [0.1, 0.15) is 5.60 Å². The molecule has 1 aromatic carbocycles. The topological polar surface area (TPSA) is 74.6 Å². The van der Waals surface area contributed by atoms with Crippen LogP contribution in [-0.4, -0.2) is 45.0 Å². The Morgan fingerprint density at radius 2 is 1.88 bits per heavy atom. The molecule has 5 heteroatoms. The molecular weight excluding hydrogens is 444 g/mol.